The molecule has 138 valence electrons. The van der Waals surface area contributed by atoms with Gasteiger partial charge in [0.1, 0.15) is 5.41 Å². The summed E-state index contributed by atoms with van der Waals surface area (Å²) in [5.41, 5.74) is -0.415. The fourth-order valence-electron chi connectivity index (χ4n) is 3.04. The van der Waals surface area contributed by atoms with Crippen LogP contribution in [-0.4, -0.2) is 49.5 Å². The summed E-state index contributed by atoms with van der Waals surface area (Å²) < 4.78 is 11.0. The highest BCUT2D eigenvalue weighted by Crippen LogP contribution is 2.27. The zero-order chi connectivity index (χ0) is 18.1. The number of hydrogen-bond acceptors (Lipinski definition) is 4. The minimum absolute atomic E-state index is 0.0684. The highest BCUT2D eigenvalue weighted by atomic mass is 16.5. The predicted molar refractivity (Wildman–Crippen MR) is 93.5 cm³/mol. The molecule has 6 nitrogen and oxygen atoms in total. The quantitative estimate of drug-likeness (QED) is 0.713. The lowest BCUT2D eigenvalue weighted by Gasteiger charge is -2.29. The van der Waals surface area contributed by atoms with Crippen LogP contribution in [0.25, 0.3) is 0 Å². The van der Waals surface area contributed by atoms with Gasteiger partial charge in [-0.3, -0.25) is 9.59 Å². The maximum Gasteiger partial charge on any atom is 0.315 e. The minimum Gasteiger partial charge on any atom is -0.481 e. The number of ether oxygens (including phenoxy) is 2. The van der Waals surface area contributed by atoms with Crippen LogP contribution in [0.4, 0.5) is 0 Å². The highest BCUT2D eigenvalue weighted by molar-refractivity contribution is 5.83. The van der Waals surface area contributed by atoms with Crippen molar-refractivity contribution >= 4 is 11.9 Å². The summed E-state index contributed by atoms with van der Waals surface area (Å²) in [6, 6.07) is 9.05. The van der Waals surface area contributed by atoms with Gasteiger partial charge in [-0.1, -0.05) is 37.3 Å². The van der Waals surface area contributed by atoms with E-state index < -0.39 is 11.4 Å². The maximum absolute atomic E-state index is 12.1. The van der Waals surface area contributed by atoms with E-state index in [4.69, 9.17) is 9.47 Å². The molecule has 0 aliphatic carbocycles. The Bertz CT molecular complexity index is 556. The number of carbonyl (C=O) groups is 2. The molecular formula is C19H27NO5. The number of benzene rings is 1. The number of hydrogen-bond donors (Lipinski definition) is 2. The van der Waals surface area contributed by atoms with Gasteiger partial charge in [-0.05, 0) is 24.8 Å². The van der Waals surface area contributed by atoms with E-state index in [1.54, 1.807) is 12.1 Å². The summed E-state index contributed by atoms with van der Waals surface area (Å²) >= 11 is 0. The molecule has 2 rings (SSSR count). The van der Waals surface area contributed by atoms with Gasteiger partial charge in [0, 0.05) is 26.2 Å². The van der Waals surface area contributed by atoms with Crippen LogP contribution in [0.2, 0.25) is 0 Å². The largest absolute Gasteiger partial charge is 0.481 e. The first-order valence-corrected chi connectivity index (χ1v) is 8.83. The van der Waals surface area contributed by atoms with Crippen molar-refractivity contribution < 1.29 is 24.2 Å². The lowest BCUT2D eigenvalue weighted by molar-refractivity contribution is -0.144. The Hall–Kier alpha value is -1.92. The summed E-state index contributed by atoms with van der Waals surface area (Å²) in [5.74, 6) is -1.12. The third kappa shape index (κ3) is 5.28. The van der Waals surface area contributed by atoms with Crippen molar-refractivity contribution in [3.05, 3.63) is 35.9 Å². The van der Waals surface area contributed by atoms with Gasteiger partial charge in [0.25, 0.3) is 0 Å². The molecule has 1 saturated heterocycles. The molecule has 0 aromatic heterocycles. The zero-order valence-electron chi connectivity index (χ0n) is 14.7. The van der Waals surface area contributed by atoms with Crippen LogP contribution >= 0.6 is 0 Å². The molecule has 1 fully saturated rings. The van der Waals surface area contributed by atoms with Crippen LogP contribution in [0.15, 0.2) is 30.3 Å². The fourth-order valence-corrected chi connectivity index (χ4v) is 3.04. The van der Waals surface area contributed by atoms with Gasteiger partial charge < -0.3 is 19.9 Å². The van der Waals surface area contributed by atoms with Crippen LogP contribution < -0.4 is 5.32 Å². The molecular weight excluding hydrogens is 322 g/mol. The Kier molecular flexibility index (Phi) is 7.40. The van der Waals surface area contributed by atoms with Crippen LogP contribution in [-0.2, 0) is 24.5 Å². The first kappa shape index (κ1) is 19.4. The van der Waals surface area contributed by atoms with Gasteiger partial charge >= 0.3 is 5.97 Å². The van der Waals surface area contributed by atoms with Gasteiger partial charge in [0.05, 0.1) is 12.7 Å². The topological polar surface area (TPSA) is 84.9 Å². The van der Waals surface area contributed by atoms with E-state index in [1.165, 1.54) is 0 Å². The average molecular weight is 349 g/mol. The van der Waals surface area contributed by atoms with E-state index in [0.29, 0.717) is 31.8 Å². The van der Waals surface area contributed by atoms with Crippen LogP contribution in [0, 0.1) is 0 Å². The number of nitrogens with one attached hydrogen (secondary N) is 1. The monoisotopic (exact) mass is 349 g/mol. The lowest BCUT2D eigenvalue weighted by Crippen LogP contribution is -2.46. The van der Waals surface area contributed by atoms with Crippen molar-refractivity contribution in [2.45, 2.75) is 44.1 Å². The second kappa shape index (κ2) is 9.53. The zero-order valence-corrected chi connectivity index (χ0v) is 14.7. The summed E-state index contributed by atoms with van der Waals surface area (Å²) in [7, 11) is 0. The van der Waals surface area contributed by atoms with E-state index in [0.717, 1.165) is 12.8 Å². The smallest absolute Gasteiger partial charge is 0.315 e. The Labute approximate surface area is 148 Å². The van der Waals surface area contributed by atoms with Crippen molar-refractivity contribution in [2.75, 3.05) is 26.4 Å². The summed E-state index contributed by atoms with van der Waals surface area (Å²) in [4.78, 5) is 24.0. The summed E-state index contributed by atoms with van der Waals surface area (Å²) in [6.45, 7) is 3.63. The number of carboxylic acids is 1. The molecule has 0 spiro atoms. The lowest BCUT2D eigenvalue weighted by atomic mass is 9.78. The van der Waals surface area contributed by atoms with Crippen LogP contribution in [0.5, 0.6) is 0 Å². The number of carboxylic acid groups (broad SMARTS) is 1. The first-order chi connectivity index (χ1) is 12.1. The Morgan fingerprint density at radius 1 is 1.28 bits per heavy atom. The Balaban J connectivity index is 1.85. The second-order valence-electron chi connectivity index (χ2n) is 6.32. The van der Waals surface area contributed by atoms with Crippen molar-refractivity contribution in [1.82, 2.24) is 5.32 Å². The molecule has 1 aromatic carbocycles. The van der Waals surface area contributed by atoms with Crippen molar-refractivity contribution in [3.8, 4) is 0 Å². The fraction of sp³-hybridized carbons (Fsp3) is 0.579. The summed E-state index contributed by atoms with van der Waals surface area (Å²) in [5, 5.41) is 12.5. The molecule has 1 atom stereocenters. The molecule has 0 saturated carbocycles. The molecule has 1 amide bonds. The number of rotatable bonds is 9. The predicted octanol–water partition coefficient (Wildman–Crippen LogP) is 2.12. The third-order valence-corrected chi connectivity index (χ3v) is 4.78. The highest BCUT2D eigenvalue weighted by Gasteiger charge is 2.38. The van der Waals surface area contributed by atoms with E-state index in [1.807, 2.05) is 25.1 Å². The van der Waals surface area contributed by atoms with Crippen molar-refractivity contribution in [2.24, 2.45) is 0 Å². The first-order valence-electron chi connectivity index (χ1n) is 8.83. The molecule has 2 N–H and O–H groups in total. The third-order valence-electron chi connectivity index (χ3n) is 4.78. The summed E-state index contributed by atoms with van der Waals surface area (Å²) in [6.07, 6.45) is 2.48. The Morgan fingerprint density at radius 3 is 2.56 bits per heavy atom. The van der Waals surface area contributed by atoms with Gasteiger partial charge in [-0.15, -0.1) is 0 Å². The Morgan fingerprint density at radius 2 is 1.96 bits per heavy atom. The van der Waals surface area contributed by atoms with Crippen LogP contribution in [0.1, 0.15) is 38.2 Å². The van der Waals surface area contributed by atoms with Crippen LogP contribution in [0.3, 0.4) is 0 Å². The molecule has 0 radical (unpaired) electrons. The number of aliphatic carboxylic acids is 1. The van der Waals surface area contributed by atoms with Gasteiger partial charge in [0.2, 0.25) is 5.91 Å². The van der Waals surface area contributed by atoms with E-state index >= 15 is 0 Å². The molecule has 0 bridgehead atoms. The molecule has 1 aromatic rings. The molecule has 1 aliphatic rings. The standard InChI is InChI=1S/C19H27NO5/c1-2-19(18(22)23,15-6-4-3-5-7-15)14-20-17(21)10-13-25-16-8-11-24-12-9-16/h3-7,16H,2,8-14H2,1H3,(H,20,21)(H,22,23). The molecule has 1 aliphatic heterocycles. The molecule has 6 heteroatoms. The average Bonchev–Trinajstić information content (AvgIpc) is 2.64. The van der Waals surface area contributed by atoms with E-state index in [9.17, 15) is 14.7 Å². The van der Waals surface area contributed by atoms with Crippen molar-refractivity contribution in [1.29, 1.82) is 0 Å². The normalized spacial score (nSPS) is 17.6. The van der Waals surface area contributed by atoms with E-state index in [2.05, 4.69) is 5.32 Å². The molecule has 1 heterocycles. The van der Waals surface area contributed by atoms with E-state index in [-0.39, 0.29) is 25.0 Å². The van der Waals surface area contributed by atoms with Gasteiger partial charge in [-0.2, -0.15) is 0 Å². The second-order valence-corrected chi connectivity index (χ2v) is 6.32. The molecule has 25 heavy (non-hydrogen) atoms. The number of amides is 1. The van der Waals surface area contributed by atoms with Gasteiger partial charge in [0.15, 0.2) is 0 Å². The maximum atomic E-state index is 12.1. The minimum atomic E-state index is -1.11. The van der Waals surface area contributed by atoms with Crippen molar-refractivity contribution in [3.63, 3.8) is 0 Å². The SMILES string of the molecule is CCC(CNC(=O)CCOC1CCOCC1)(C(=O)O)c1ccccc1. The number of carbonyl (C=O) groups excluding carboxylic acids is 1. The molecule has 1 unspecified atom stereocenters. The van der Waals surface area contributed by atoms with Gasteiger partial charge in [-0.25, -0.2) is 0 Å².